The monoisotopic (exact) mass is 341 g/mol. The van der Waals surface area contributed by atoms with Gasteiger partial charge in [-0.1, -0.05) is 15.9 Å². The second-order valence-electron chi connectivity index (χ2n) is 3.22. The Labute approximate surface area is 110 Å². The first-order valence-corrected chi connectivity index (χ1v) is 6.17. The van der Waals surface area contributed by atoms with Crippen molar-refractivity contribution in [3.63, 3.8) is 0 Å². The molecule has 0 bridgehead atoms. The zero-order chi connectivity index (χ0) is 11.5. The van der Waals surface area contributed by atoms with Crippen LogP contribution in [0.5, 0.6) is 0 Å². The summed E-state index contributed by atoms with van der Waals surface area (Å²) in [5.41, 5.74) is 7.39. The summed E-state index contributed by atoms with van der Waals surface area (Å²) in [6.07, 6.45) is 1.70. The maximum Gasteiger partial charge on any atom is 0.123 e. The van der Waals surface area contributed by atoms with Crippen LogP contribution in [0.2, 0.25) is 0 Å². The van der Waals surface area contributed by atoms with Crippen LogP contribution < -0.4 is 11.1 Å². The van der Waals surface area contributed by atoms with Crippen molar-refractivity contribution in [1.82, 2.24) is 4.98 Å². The van der Waals surface area contributed by atoms with Crippen molar-refractivity contribution in [2.45, 2.75) is 0 Å². The molecule has 0 radical (unpaired) electrons. The smallest absolute Gasteiger partial charge is 0.123 e. The maximum absolute atomic E-state index is 5.52. The van der Waals surface area contributed by atoms with E-state index in [0.717, 1.165) is 20.3 Å². The van der Waals surface area contributed by atoms with E-state index in [4.69, 9.17) is 5.73 Å². The van der Waals surface area contributed by atoms with Crippen molar-refractivity contribution >= 4 is 49.1 Å². The van der Waals surface area contributed by atoms with Crippen LogP contribution in [-0.4, -0.2) is 4.98 Å². The van der Waals surface area contributed by atoms with E-state index in [1.807, 2.05) is 24.3 Å². The number of anilines is 3. The highest BCUT2D eigenvalue weighted by Gasteiger charge is 2.01. The van der Waals surface area contributed by atoms with Gasteiger partial charge in [0.25, 0.3) is 0 Å². The van der Waals surface area contributed by atoms with Crippen LogP contribution >= 0.6 is 31.9 Å². The number of nitrogen functional groups attached to an aromatic ring is 1. The first-order chi connectivity index (χ1) is 7.65. The van der Waals surface area contributed by atoms with Crippen molar-refractivity contribution in [2.24, 2.45) is 0 Å². The summed E-state index contributed by atoms with van der Waals surface area (Å²) in [5.74, 6) is 0.513. The molecule has 0 atom stereocenters. The van der Waals surface area contributed by atoms with E-state index in [1.54, 1.807) is 12.3 Å². The van der Waals surface area contributed by atoms with E-state index < -0.39 is 0 Å². The minimum Gasteiger partial charge on any atom is -0.384 e. The van der Waals surface area contributed by atoms with Crippen LogP contribution in [0.4, 0.5) is 17.2 Å². The normalized spacial score (nSPS) is 10.1. The number of halogens is 2. The predicted octanol–water partition coefficient (Wildman–Crippen LogP) is 3.93. The Morgan fingerprint density at radius 2 is 1.94 bits per heavy atom. The minimum atomic E-state index is 0.513. The average Bonchev–Trinajstić information content (AvgIpc) is 2.27. The molecule has 1 aromatic carbocycles. The first kappa shape index (κ1) is 11.4. The number of nitrogens with one attached hydrogen (secondary N) is 1. The molecule has 3 nitrogen and oxygen atoms in total. The first-order valence-electron chi connectivity index (χ1n) is 4.59. The Morgan fingerprint density at radius 1 is 1.12 bits per heavy atom. The number of benzene rings is 1. The van der Waals surface area contributed by atoms with Gasteiger partial charge in [-0.2, -0.15) is 0 Å². The Kier molecular flexibility index (Phi) is 3.46. The molecule has 1 heterocycles. The number of hydrogen-bond acceptors (Lipinski definition) is 3. The predicted molar refractivity (Wildman–Crippen MR) is 73.8 cm³/mol. The molecule has 2 rings (SSSR count). The van der Waals surface area contributed by atoms with Crippen molar-refractivity contribution in [3.05, 3.63) is 45.5 Å². The van der Waals surface area contributed by atoms with E-state index in [-0.39, 0.29) is 0 Å². The van der Waals surface area contributed by atoms with Gasteiger partial charge in [-0.3, -0.25) is 0 Å². The van der Waals surface area contributed by atoms with Gasteiger partial charge in [0, 0.05) is 8.95 Å². The lowest BCUT2D eigenvalue weighted by Crippen LogP contribution is -1.94. The highest BCUT2D eigenvalue weighted by atomic mass is 79.9. The summed E-state index contributed by atoms with van der Waals surface area (Å²) < 4.78 is 2.01. The summed E-state index contributed by atoms with van der Waals surface area (Å²) in [4.78, 5) is 4.02. The zero-order valence-electron chi connectivity index (χ0n) is 8.24. The second-order valence-corrected chi connectivity index (χ2v) is 4.99. The van der Waals surface area contributed by atoms with E-state index in [1.165, 1.54) is 0 Å². The molecule has 0 aliphatic rings. The van der Waals surface area contributed by atoms with E-state index >= 15 is 0 Å². The molecule has 0 spiro atoms. The SMILES string of the molecule is Nc1ccc(Nc2cc(Br)ccc2Br)cn1. The molecule has 0 fully saturated rings. The topological polar surface area (TPSA) is 50.9 Å². The lowest BCUT2D eigenvalue weighted by Gasteiger charge is -2.08. The fraction of sp³-hybridized carbons (Fsp3) is 0. The van der Waals surface area contributed by atoms with Crippen LogP contribution in [0.25, 0.3) is 0 Å². The third-order valence-electron chi connectivity index (χ3n) is 1.99. The maximum atomic E-state index is 5.52. The van der Waals surface area contributed by atoms with Gasteiger partial charge in [-0.05, 0) is 46.3 Å². The van der Waals surface area contributed by atoms with Crippen LogP contribution in [0.3, 0.4) is 0 Å². The molecule has 3 N–H and O–H groups in total. The number of hydrogen-bond donors (Lipinski definition) is 2. The van der Waals surface area contributed by atoms with Crippen molar-refractivity contribution in [1.29, 1.82) is 0 Å². The van der Waals surface area contributed by atoms with E-state index in [2.05, 4.69) is 42.2 Å². The summed E-state index contributed by atoms with van der Waals surface area (Å²) in [7, 11) is 0. The van der Waals surface area contributed by atoms with Gasteiger partial charge in [0.1, 0.15) is 5.82 Å². The van der Waals surface area contributed by atoms with Crippen molar-refractivity contribution in [3.8, 4) is 0 Å². The van der Waals surface area contributed by atoms with Crippen molar-refractivity contribution in [2.75, 3.05) is 11.1 Å². The van der Waals surface area contributed by atoms with Crippen LogP contribution in [0.15, 0.2) is 45.5 Å². The van der Waals surface area contributed by atoms with Gasteiger partial charge < -0.3 is 11.1 Å². The molecular formula is C11H9Br2N3. The Balaban J connectivity index is 2.26. The number of nitrogens with two attached hydrogens (primary N) is 1. The minimum absolute atomic E-state index is 0.513. The van der Waals surface area contributed by atoms with Crippen molar-refractivity contribution < 1.29 is 0 Å². The van der Waals surface area contributed by atoms with Gasteiger partial charge in [0.15, 0.2) is 0 Å². The largest absolute Gasteiger partial charge is 0.384 e. The second kappa shape index (κ2) is 4.84. The fourth-order valence-electron chi connectivity index (χ4n) is 1.23. The van der Waals surface area contributed by atoms with Crippen LogP contribution in [0.1, 0.15) is 0 Å². The molecule has 1 aromatic heterocycles. The molecule has 5 heteroatoms. The van der Waals surface area contributed by atoms with Crippen LogP contribution in [-0.2, 0) is 0 Å². The van der Waals surface area contributed by atoms with Gasteiger partial charge in [0.2, 0.25) is 0 Å². The van der Waals surface area contributed by atoms with E-state index in [9.17, 15) is 0 Å². The Hall–Kier alpha value is -1.07. The van der Waals surface area contributed by atoms with Gasteiger partial charge in [-0.15, -0.1) is 0 Å². The summed E-state index contributed by atoms with van der Waals surface area (Å²) in [5, 5.41) is 3.25. The molecular weight excluding hydrogens is 334 g/mol. The molecule has 0 saturated heterocycles. The van der Waals surface area contributed by atoms with Gasteiger partial charge >= 0.3 is 0 Å². The van der Waals surface area contributed by atoms with E-state index in [0.29, 0.717) is 5.82 Å². The Morgan fingerprint density at radius 3 is 2.62 bits per heavy atom. The number of rotatable bonds is 2. The molecule has 82 valence electrons. The molecule has 0 amide bonds. The lowest BCUT2D eigenvalue weighted by atomic mass is 10.3. The molecule has 2 aromatic rings. The third kappa shape index (κ3) is 2.74. The number of pyridine rings is 1. The average molecular weight is 343 g/mol. The molecule has 0 aliphatic carbocycles. The summed E-state index contributed by atoms with van der Waals surface area (Å²) in [6.45, 7) is 0. The van der Waals surface area contributed by atoms with Gasteiger partial charge in [-0.25, -0.2) is 4.98 Å². The standard InChI is InChI=1S/C11H9Br2N3/c12-7-1-3-9(13)10(5-7)16-8-2-4-11(14)15-6-8/h1-6,16H,(H2,14,15). The summed E-state index contributed by atoms with van der Waals surface area (Å²) >= 11 is 6.90. The lowest BCUT2D eigenvalue weighted by molar-refractivity contribution is 1.33. The highest BCUT2D eigenvalue weighted by Crippen LogP contribution is 2.28. The number of nitrogens with zero attached hydrogens (tertiary/aromatic N) is 1. The Bertz CT molecular complexity index is 497. The highest BCUT2D eigenvalue weighted by molar-refractivity contribution is 9.11. The molecule has 16 heavy (non-hydrogen) atoms. The number of aromatic nitrogens is 1. The zero-order valence-corrected chi connectivity index (χ0v) is 11.4. The summed E-state index contributed by atoms with van der Waals surface area (Å²) in [6, 6.07) is 9.57. The van der Waals surface area contributed by atoms with Crippen LogP contribution in [0, 0.1) is 0 Å². The fourth-order valence-corrected chi connectivity index (χ4v) is 1.93. The molecule has 0 aliphatic heterocycles. The molecule has 0 saturated carbocycles. The van der Waals surface area contributed by atoms with Gasteiger partial charge in [0.05, 0.1) is 17.6 Å². The third-order valence-corrected chi connectivity index (χ3v) is 3.18. The molecule has 0 unspecified atom stereocenters. The quantitative estimate of drug-likeness (QED) is 0.869.